The largest absolute Gasteiger partial charge is 0.479 e. The van der Waals surface area contributed by atoms with Crippen molar-refractivity contribution in [2.24, 2.45) is 0 Å². The molecule has 8 heteroatoms. The molecule has 0 aliphatic carbocycles. The molecule has 0 fully saturated rings. The first-order valence-corrected chi connectivity index (χ1v) is 7.57. The van der Waals surface area contributed by atoms with Gasteiger partial charge in [0.2, 0.25) is 0 Å². The van der Waals surface area contributed by atoms with E-state index in [1.807, 2.05) is 5.32 Å². The third-order valence-electron chi connectivity index (χ3n) is 3.03. The Bertz CT molecular complexity index is 747. The van der Waals surface area contributed by atoms with Crippen LogP contribution in [0.1, 0.15) is 6.92 Å². The topological polar surface area (TPSA) is 64.6 Å². The number of rotatable bonds is 6. The highest BCUT2D eigenvalue weighted by atomic mass is 35.5. The lowest BCUT2D eigenvalue weighted by Gasteiger charge is -2.14. The Morgan fingerprint density at radius 2 is 1.72 bits per heavy atom. The average Bonchev–Trinajstić information content (AvgIpc) is 2.58. The molecule has 1 N–H and O–H groups in total. The Labute approximate surface area is 147 Å². The van der Waals surface area contributed by atoms with Gasteiger partial charge in [-0.25, -0.2) is 13.6 Å². The number of nitrogens with one attached hydrogen (secondary N) is 1. The van der Waals surface area contributed by atoms with Crippen LogP contribution in [0.3, 0.4) is 0 Å². The molecule has 25 heavy (non-hydrogen) atoms. The predicted octanol–water partition coefficient (Wildman–Crippen LogP) is 3.57. The molecule has 0 bridgehead atoms. The zero-order valence-electron chi connectivity index (χ0n) is 13.1. The summed E-state index contributed by atoms with van der Waals surface area (Å²) in [5, 5.41) is 2.52. The summed E-state index contributed by atoms with van der Waals surface area (Å²) in [5.74, 6) is -3.15. The number of para-hydroxylation sites is 1. The molecule has 0 heterocycles. The molecule has 2 aromatic carbocycles. The summed E-state index contributed by atoms with van der Waals surface area (Å²) in [6.07, 6.45) is -0.987. The molecule has 0 aromatic heterocycles. The third-order valence-corrected chi connectivity index (χ3v) is 3.28. The predicted molar refractivity (Wildman–Crippen MR) is 87.5 cm³/mol. The van der Waals surface area contributed by atoms with Crippen LogP contribution in [-0.2, 0) is 14.3 Å². The molecule has 132 valence electrons. The number of anilines is 1. The van der Waals surface area contributed by atoms with E-state index in [9.17, 15) is 18.4 Å². The second-order valence-corrected chi connectivity index (χ2v) is 5.40. The normalized spacial score (nSPS) is 11.5. The van der Waals surface area contributed by atoms with Gasteiger partial charge in [-0.05, 0) is 43.3 Å². The molecule has 0 radical (unpaired) electrons. The quantitative estimate of drug-likeness (QED) is 0.791. The summed E-state index contributed by atoms with van der Waals surface area (Å²) < 4.78 is 36.9. The van der Waals surface area contributed by atoms with Crippen LogP contribution in [0.5, 0.6) is 5.75 Å². The van der Waals surface area contributed by atoms with Gasteiger partial charge in [-0.1, -0.05) is 17.7 Å². The Morgan fingerprint density at radius 1 is 1.12 bits per heavy atom. The van der Waals surface area contributed by atoms with Crippen LogP contribution in [0.25, 0.3) is 0 Å². The summed E-state index contributed by atoms with van der Waals surface area (Å²) in [4.78, 5) is 23.5. The highest BCUT2D eigenvalue weighted by Gasteiger charge is 2.19. The number of esters is 1. The molecule has 1 amide bonds. The summed E-state index contributed by atoms with van der Waals surface area (Å²) in [6, 6.07) is 9.46. The maximum atomic E-state index is 13.4. The van der Waals surface area contributed by atoms with Crippen LogP contribution >= 0.6 is 11.6 Å². The molecule has 2 aromatic rings. The van der Waals surface area contributed by atoms with E-state index in [-0.39, 0.29) is 0 Å². The third kappa shape index (κ3) is 5.42. The van der Waals surface area contributed by atoms with Crippen LogP contribution in [-0.4, -0.2) is 24.6 Å². The van der Waals surface area contributed by atoms with Crippen molar-refractivity contribution in [3.8, 4) is 5.75 Å². The number of carbonyl (C=O) groups excluding carboxylic acids is 2. The second kappa shape index (κ2) is 8.43. The zero-order chi connectivity index (χ0) is 18.4. The lowest BCUT2D eigenvalue weighted by atomic mass is 10.3. The first-order chi connectivity index (χ1) is 11.9. The van der Waals surface area contributed by atoms with Crippen molar-refractivity contribution in [3.63, 3.8) is 0 Å². The molecule has 0 saturated carbocycles. The van der Waals surface area contributed by atoms with E-state index in [4.69, 9.17) is 21.1 Å². The molecular formula is C17H14ClF2NO4. The van der Waals surface area contributed by atoms with E-state index >= 15 is 0 Å². The van der Waals surface area contributed by atoms with Crippen molar-refractivity contribution in [2.75, 3.05) is 11.9 Å². The summed E-state index contributed by atoms with van der Waals surface area (Å²) in [5.41, 5.74) is -0.603. The van der Waals surface area contributed by atoms with E-state index < -0.39 is 41.9 Å². The molecule has 0 aliphatic rings. The Kier molecular flexibility index (Phi) is 6.30. The highest BCUT2D eigenvalue weighted by molar-refractivity contribution is 6.30. The average molecular weight is 370 g/mol. The van der Waals surface area contributed by atoms with Gasteiger partial charge in [-0.15, -0.1) is 0 Å². The van der Waals surface area contributed by atoms with Gasteiger partial charge in [0.05, 0.1) is 0 Å². The number of amides is 1. The van der Waals surface area contributed by atoms with Gasteiger partial charge in [0, 0.05) is 5.02 Å². The molecule has 0 unspecified atom stereocenters. The number of ether oxygens (including phenoxy) is 2. The first kappa shape index (κ1) is 18.7. The zero-order valence-corrected chi connectivity index (χ0v) is 13.8. The van der Waals surface area contributed by atoms with Gasteiger partial charge < -0.3 is 14.8 Å². The number of hydrogen-bond donors (Lipinski definition) is 1. The maximum Gasteiger partial charge on any atom is 0.347 e. The van der Waals surface area contributed by atoms with E-state index in [2.05, 4.69) is 0 Å². The van der Waals surface area contributed by atoms with E-state index in [0.717, 1.165) is 18.2 Å². The first-order valence-electron chi connectivity index (χ1n) is 7.19. The monoisotopic (exact) mass is 369 g/mol. The molecule has 2 rings (SSSR count). The van der Waals surface area contributed by atoms with Crippen molar-refractivity contribution < 1.29 is 27.8 Å². The SMILES string of the molecule is C[C@H](Oc1ccc(Cl)cc1)C(=O)OCC(=O)Nc1c(F)cccc1F. The van der Waals surface area contributed by atoms with Crippen molar-refractivity contribution >= 4 is 29.2 Å². The smallest absolute Gasteiger partial charge is 0.347 e. The van der Waals surface area contributed by atoms with Gasteiger partial charge in [-0.3, -0.25) is 4.79 Å². The summed E-state index contributed by atoms with van der Waals surface area (Å²) in [6.45, 7) is 0.728. The van der Waals surface area contributed by atoms with Gasteiger partial charge in [-0.2, -0.15) is 0 Å². The van der Waals surface area contributed by atoms with Gasteiger partial charge >= 0.3 is 5.97 Å². The Hall–Kier alpha value is -2.67. The van der Waals surface area contributed by atoms with Gasteiger partial charge in [0.15, 0.2) is 12.7 Å². The lowest BCUT2D eigenvalue weighted by molar-refractivity contribution is -0.153. The summed E-state index contributed by atoms with van der Waals surface area (Å²) in [7, 11) is 0. The minimum Gasteiger partial charge on any atom is -0.479 e. The highest BCUT2D eigenvalue weighted by Crippen LogP contribution is 2.18. The van der Waals surface area contributed by atoms with Crippen LogP contribution in [0.4, 0.5) is 14.5 Å². The van der Waals surface area contributed by atoms with Crippen molar-refractivity contribution in [1.29, 1.82) is 0 Å². The van der Waals surface area contributed by atoms with Crippen LogP contribution in [0.15, 0.2) is 42.5 Å². The molecule has 0 saturated heterocycles. The number of hydrogen-bond acceptors (Lipinski definition) is 4. The molecule has 1 atom stereocenters. The molecule has 0 spiro atoms. The number of halogens is 3. The van der Waals surface area contributed by atoms with Crippen molar-refractivity contribution in [1.82, 2.24) is 0 Å². The fraction of sp³-hybridized carbons (Fsp3) is 0.176. The fourth-order valence-corrected chi connectivity index (χ4v) is 1.94. The number of carbonyl (C=O) groups is 2. The van der Waals surface area contributed by atoms with E-state index in [1.54, 1.807) is 24.3 Å². The fourth-order valence-electron chi connectivity index (χ4n) is 1.81. The van der Waals surface area contributed by atoms with Gasteiger partial charge in [0.1, 0.15) is 23.1 Å². The minimum atomic E-state index is -0.987. The van der Waals surface area contributed by atoms with Crippen LogP contribution in [0, 0.1) is 11.6 Å². The van der Waals surface area contributed by atoms with Crippen LogP contribution in [0.2, 0.25) is 5.02 Å². The number of benzene rings is 2. The standard InChI is InChI=1S/C17H14ClF2NO4/c1-10(25-12-7-5-11(18)6-8-12)17(23)24-9-15(22)21-16-13(19)3-2-4-14(16)20/h2-8,10H,9H2,1H3,(H,21,22)/t10-/m0/s1. The van der Waals surface area contributed by atoms with Crippen molar-refractivity contribution in [2.45, 2.75) is 13.0 Å². The van der Waals surface area contributed by atoms with Gasteiger partial charge in [0.25, 0.3) is 5.91 Å². The second-order valence-electron chi connectivity index (χ2n) is 4.97. The van der Waals surface area contributed by atoms with Crippen molar-refractivity contribution in [3.05, 3.63) is 59.1 Å². The minimum absolute atomic E-state index is 0.395. The lowest BCUT2D eigenvalue weighted by Crippen LogP contribution is -2.30. The molecule has 0 aliphatic heterocycles. The Balaban J connectivity index is 1.84. The molecule has 5 nitrogen and oxygen atoms in total. The maximum absolute atomic E-state index is 13.4. The summed E-state index contributed by atoms with van der Waals surface area (Å²) >= 11 is 5.74. The van der Waals surface area contributed by atoms with E-state index in [0.29, 0.717) is 10.8 Å². The Morgan fingerprint density at radius 3 is 2.32 bits per heavy atom. The van der Waals surface area contributed by atoms with E-state index in [1.165, 1.54) is 6.92 Å². The van der Waals surface area contributed by atoms with Crippen LogP contribution < -0.4 is 10.1 Å². The molecular weight excluding hydrogens is 356 g/mol.